The fourth-order valence-corrected chi connectivity index (χ4v) is 3.54. The Kier molecular flexibility index (Phi) is 4.27. The Morgan fingerprint density at radius 2 is 1.61 bits per heavy atom. The standard InChI is InChI=1S/C20H18N4O3S/c1-24(28(2,26)27)19-14(6-5-11-21-19)13-9-10-15-18(12-13)22-16-7-3-4-8-17(16)23-20(15)25/h3-12,22H,1-2H3,(H,23,25). The molecular formula is C20H18N4O3S. The molecule has 2 heterocycles. The van der Waals surface area contributed by atoms with Crippen molar-refractivity contribution in [3.8, 4) is 11.1 Å². The van der Waals surface area contributed by atoms with E-state index in [-0.39, 0.29) is 5.91 Å². The molecule has 0 saturated carbocycles. The van der Waals surface area contributed by atoms with Crippen LogP contribution in [0.3, 0.4) is 0 Å². The number of nitrogens with zero attached hydrogens (tertiary/aromatic N) is 2. The minimum absolute atomic E-state index is 0.210. The van der Waals surface area contributed by atoms with Gasteiger partial charge in [-0.05, 0) is 42.0 Å². The van der Waals surface area contributed by atoms with Gasteiger partial charge in [0.05, 0.1) is 28.9 Å². The average Bonchev–Trinajstić information content (AvgIpc) is 2.81. The van der Waals surface area contributed by atoms with Crippen molar-refractivity contribution in [2.45, 2.75) is 0 Å². The number of benzene rings is 2. The molecule has 1 aromatic heterocycles. The fourth-order valence-electron chi connectivity index (χ4n) is 3.08. The second-order valence-corrected chi connectivity index (χ2v) is 8.50. The summed E-state index contributed by atoms with van der Waals surface area (Å²) in [5.74, 6) is 0.113. The molecule has 7 nitrogen and oxygen atoms in total. The van der Waals surface area contributed by atoms with Crippen molar-refractivity contribution in [3.63, 3.8) is 0 Å². The van der Waals surface area contributed by atoms with Crippen molar-refractivity contribution < 1.29 is 13.2 Å². The smallest absolute Gasteiger partial charge is 0.257 e. The van der Waals surface area contributed by atoms with Crippen LogP contribution in [0.2, 0.25) is 0 Å². The van der Waals surface area contributed by atoms with Gasteiger partial charge in [0.25, 0.3) is 5.91 Å². The molecule has 0 unspecified atom stereocenters. The molecule has 0 aliphatic carbocycles. The maximum Gasteiger partial charge on any atom is 0.257 e. The van der Waals surface area contributed by atoms with Gasteiger partial charge in [0.2, 0.25) is 10.0 Å². The summed E-state index contributed by atoms with van der Waals surface area (Å²) < 4.78 is 25.1. The molecule has 1 amide bonds. The van der Waals surface area contributed by atoms with Gasteiger partial charge in [-0.3, -0.25) is 9.10 Å². The zero-order chi connectivity index (χ0) is 19.9. The number of hydrogen-bond donors (Lipinski definition) is 2. The highest BCUT2D eigenvalue weighted by molar-refractivity contribution is 7.92. The Labute approximate surface area is 163 Å². The van der Waals surface area contributed by atoms with Crippen molar-refractivity contribution in [2.75, 3.05) is 28.2 Å². The molecule has 1 aliphatic rings. The second kappa shape index (κ2) is 6.65. The number of fused-ring (bicyclic) bond motifs is 2. The van der Waals surface area contributed by atoms with Gasteiger partial charge in [-0.1, -0.05) is 18.2 Å². The SMILES string of the molecule is CN(c1ncccc1-c1ccc2c(c1)Nc1ccccc1NC2=O)S(C)(=O)=O. The summed E-state index contributed by atoms with van der Waals surface area (Å²) in [5, 5.41) is 6.17. The van der Waals surface area contributed by atoms with Crippen molar-refractivity contribution in [2.24, 2.45) is 0 Å². The Balaban J connectivity index is 1.84. The fraction of sp³-hybridized carbons (Fsp3) is 0.100. The Bertz CT molecular complexity index is 1190. The molecule has 28 heavy (non-hydrogen) atoms. The highest BCUT2D eigenvalue weighted by atomic mass is 32.2. The molecule has 0 atom stereocenters. The van der Waals surface area contributed by atoms with E-state index >= 15 is 0 Å². The average molecular weight is 394 g/mol. The highest BCUT2D eigenvalue weighted by Crippen LogP contribution is 2.36. The number of carbonyl (C=O) groups is 1. The predicted molar refractivity (Wildman–Crippen MR) is 111 cm³/mol. The Hall–Kier alpha value is -3.39. The third-order valence-corrected chi connectivity index (χ3v) is 5.77. The molecule has 0 radical (unpaired) electrons. The number of anilines is 4. The van der Waals surface area contributed by atoms with Gasteiger partial charge in [-0.15, -0.1) is 0 Å². The molecule has 0 saturated heterocycles. The minimum Gasteiger partial charge on any atom is -0.353 e. The van der Waals surface area contributed by atoms with Crippen LogP contribution in [0.1, 0.15) is 10.4 Å². The molecule has 0 bridgehead atoms. The number of para-hydroxylation sites is 2. The third-order valence-electron chi connectivity index (χ3n) is 4.60. The van der Waals surface area contributed by atoms with Crippen molar-refractivity contribution in [1.29, 1.82) is 0 Å². The zero-order valence-electron chi connectivity index (χ0n) is 15.3. The lowest BCUT2D eigenvalue weighted by atomic mass is 10.0. The first-order valence-electron chi connectivity index (χ1n) is 8.55. The van der Waals surface area contributed by atoms with Crippen LogP contribution in [-0.4, -0.2) is 32.6 Å². The normalized spacial score (nSPS) is 12.9. The van der Waals surface area contributed by atoms with Crippen molar-refractivity contribution in [3.05, 3.63) is 66.4 Å². The molecule has 1 aliphatic heterocycles. The number of nitrogens with one attached hydrogen (secondary N) is 2. The maximum absolute atomic E-state index is 12.6. The lowest BCUT2D eigenvalue weighted by Gasteiger charge is -2.19. The Morgan fingerprint density at radius 3 is 2.32 bits per heavy atom. The van der Waals surface area contributed by atoms with Crippen LogP contribution in [0.4, 0.5) is 22.9 Å². The lowest BCUT2D eigenvalue weighted by Crippen LogP contribution is -2.26. The van der Waals surface area contributed by atoms with Crippen molar-refractivity contribution >= 4 is 38.8 Å². The summed E-state index contributed by atoms with van der Waals surface area (Å²) in [7, 11) is -2.00. The molecule has 8 heteroatoms. The van der Waals surface area contributed by atoms with E-state index in [1.807, 2.05) is 30.3 Å². The van der Waals surface area contributed by atoms with E-state index in [0.717, 1.165) is 21.8 Å². The number of aromatic nitrogens is 1. The first kappa shape index (κ1) is 18.0. The topological polar surface area (TPSA) is 91.4 Å². The highest BCUT2D eigenvalue weighted by Gasteiger charge is 2.22. The Morgan fingerprint density at radius 1 is 0.893 bits per heavy atom. The van der Waals surface area contributed by atoms with Crippen molar-refractivity contribution in [1.82, 2.24) is 4.98 Å². The molecule has 3 aromatic rings. The van der Waals surface area contributed by atoms with Gasteiger partial charge >= 0.3 is 0 Å². The van der Waals surface area contributed by atoms with E-state index in [4.69, 9.17) is 0 Å². The van der Waals surface area contributed by atoms with E-state index in [2.05, 4.69) is 15.6 Å². The van der Waals surface area contributed by atoms with Crippen LogP contribution in [0, 0.1) is 0 Å². The van der Waals surface area contributed by atoms with Crippen LogP contribution in [0.25, 0.3) is 11.1 Å². The van der Waals surface area contributed by atoms with Crippen LogP contribution in [0.15, 0.2) is 60.8 Å². The zero-order valence-corrected chi connectivity index (χ0v) is 16.1. The van der Waals surface area contributed by atoms with E-state index in [1.165, 1.54) is 7.05 Å². The molecule has 4 rings (SSSR count). The molecule has 2 N–H and O–H groups in total. The lowest BCUT2D eigenvalue weighted by molar-refractivity contribution is 0.102. The van der Waals surface area contributed by atoms with Gasteiger partial charge in [-0.2, -0.15) is 0 Å². The summed E-state index contributed by atoms with van der Waals surface area (Å²) in [6, 6.07) is 16.3. The summed E-state index contributed by atoms with van der Waals surface area (Å²) in [5.41, 5.74) is 4.02. The number of pyridine rings is 1. The maximum atomic E-state index is 12.6. The number of hydrogen-bond acceptors (Lipinski definition) is 5. The van der Waals surface area contributed by atoms with E-state index in [9.17, 15) is 13.2 Å². The van der Waals surface area contributed by atoms with Gasteiger partial charge in [0.15, 0.2) is 0 Å². The summed E-state index contributed by atoms with van der Waals surface area (Å²) in [4.78, 5) is 16.8. The van der Waals surface area contributed by atoms with Gasteiger partial charge in [-0.25, -0.2) is 13.4 Å². The van der Waals surface area contributed by atoms with E-state index in [0.29, 0.717) is 28.3 Å². The van der Waals surface area contributed by atoms with Crippen LogP contribution < -0.4 is 14.9 Å². The first-order valence-corrected chi connectivity index (χ1v) is 10.4. The molecule has 0 fully saturated rings. The van der Waals surface area contributed by atoms with E-state index < -0.39 is 10.0 Å². The van der Waals surface area contributed by atoms with Gasteiger partial charge < -0.3 is 10.6 Å². The van der Waals surface area contributed by atoms with Crippen LogP contribution >= 0.6 is 0 Å². The molecular weight excluding hydrogens is 376 g/mol. The first-order chi connectivity index (χ1) is 13.3. The molecule has 2 aromatic carbocycles. The minimum atomic E-state index is -3.47. The predicted octanol–water partition coefficient (Wildman–Crippen LogP) is 3.45. The van der Waals surface area contributed by atoms with Gasteiger partial charge in [0, 0.05) is 18.8 Å². The largest absolute Gasteiger partial charge is 0.353 e. The van der Waals surface area contributed by atoms with E-state index in [1.54, 1.807) is 30.5 Å². The summed E-state index contributed by atoms with van der Waals surface area (Å²) in [6.07, 6.45) is 2.68. The number of carbonyl (C=O) groups excluding carboxylic acids is 1. The molecule has 0 spiro atoms. The number of sulfonamides is 1. The summed E-state index contributed by atoms with van der Waals surface area (Å²) in [6.45, 7) is 0. The number of rotatable bonds is 3. The van der Waals surface area contributed by atoms with Gasteiger partial charge in [0.1, 0.15) is 5.82 Å². The summed E-state index contributed by atoms with van der Waals surface area (Å²) >= 11 is 0. The monoisotopic (exact) mass is 394 g/mol. The van der Waals surface area contributed by atoms with Crippen LogP contribution in [-0.2, 0) is 10.0 Å². The molecule has 142 valence electrons. The number of amides is 1. The second-order valence-electron chi connectivity index (χ2n) is 6.49. The quantitative estimate of drug-likeness (QED) is 0.710. The third kappa shape index (κ3) is 3.18. The van der Waals surface area contributed by atoms with Crippen LogP contribution in [0.5, 0.6) is 0 Å².